The summed E-state index contributed by atoms with van der Waals surface area (Å²) in [4.78, 5) is 17.7. The summed E-state index contributed by atoms with van der Waals surface area (Å²) in [6.07, 6.45) is 3.14. The van der Waals surface area contributed by atoms with E-state index in [1.54, 1.807) is 60.7 Å². The van der Waals surface area contributed by atoms with Crippen LogP contribution < -0.4 is 5.56 Å². The van der Waals surface area contributed by atoms with Crippen LogP contribution in [0.3, 0.4) is 0 Å². The minimum Gasteiger partial charge on any atom is -0.268 e. The summed E-state index contributed by atoms with van der Waals surface area (Å²) >= 11 is 6.31. The first-order valence-electron chi connectivity index (χ1n) is 8.44. The van der Waals surface area contributed by atoms with E-state index in [0.717, 1.165) is 12.1 Å². The number of hydrogen-bond acceptors (Lipinski definition) is 2. The van der Waals surface area contributed by atoms with Gasteiger partial charge in [0.15, 0.2) is 11.6 Å². The molecule has 0 fully saturated rings. The molecule has 28 heavy (non-hydrogen) atoms. The Morgan fingerprint density at radius 3 is 2.43 bits per heavy atom. The Morgan fingerprint density at radius 2 is 1.64 bits per heavy atom. The monoisotopic (exact) mass is 394 g/mol. The van der Waals surface area contributed by atoms with Crippen molar-refractivity contribution in [2.45, 2.75) is 0 Å². The summed E-state index contributed by atoms with van der Waals surface area (Å²) < 4.78 is 28.0. The van der Waals surface area contributed by atoms with E-state index in [0.29, 0.717) is 33.0 Å². The molecule has 0 amide bonds. The standard InChI is InChI=1S/C22H13ClF2N2O/c23-16-6-2-4-8-20(16)27-21(12-10-14-9-11-17(24)18(25)13-14)26-19-7-3-1-5-15(19)22(27)28/h1-13H. The van der Waals surface area contributed by atoms with Crippen LogP contribution in [0.1, 0.15) is 11.4 Å². The molecule has 0 spiro atoms. The Balaban J connectivity index is 1.95. The van der Waals surface area contributed by atoms with Crippen LogP contribution in [-0.4, -0.2) is 9.55 Å². The van der Waals surface area contributed by atoms with Crippen LogP contribution in [-0.2, 0) is 0 Å². The fraction of sp³-hybridized carbons (Fsp3) is 0. The number of rotatable bonds is 3. The number of halogens is 3. The van der Waals surface area contributed by atoms with E-state index >= 15 is 0 Å². The summed E-state index contributed by atoms with van der Waals surface area (Å²) in [7, 11) is 0. The third-order valence-corrected chi connectivity index (χ3v) is 4.58. The number of para-hydroxylation sites is 2. The lowest BCUT2D eigenvalue weighted by atomic mass is 10.2. The zero-order chi connectivity index (χ0) is 19.7. The Bertz CT molecular complexity index is 1280. The molecule has 6 heteroatoms. The van der Waals surface area contributed by atoms with E-state index in [-0.39, 0.29) is 5.56 Å². The predicted molar refractivity (Wildman–Crippen MR) is 108 cm³/mol. The first kappa shape index (κ1) is 18.1. The first-order chi connectivity index (χ1) is 13.5. The molecule has 1 aromatic heterocycles. The molecule has 0 N–H and O–H groups in total. The van der Waals surface area contributed by atoms with Crippen molar-refractivity contribution >= 4 is 34.7 Å². The Kier molecular flexibility index (Phi) is 4.75. The van der Waals surface area contributed by atoms with Crippen molar-refractivity contribution in [2.75, 3.05) is 0 Å². The van der Waals surface area contributed by atoms with E-state index in [1.807, 2.05) is 0 Å². The predicted octanol–water partition coefficient (Wildman–Crippen LogP) is 5.49. The van der Waals surface area contributed by atoms with Gasteiger partial charge in [-0.25, -0.2) is 13.8 Å². The molecule has 138 valence electrons. The minimum absolute atomic E-state index is 0.274. The number of hydrogen-bond donors (Lipinski definition) is 0. The van der Waals surface area contributed by atoms with Crippen molar-refractivity contribution in [3.05, 3.63) is 105 Å². The molecule has 3 nitrogen and oxygen atoms in total. The third-order valence-electron chi connectivity index (χ3n) is 4.26. The maximum atomic E-state index is 13.5. The van der Waals surface area contributed by atoms with Gasteiger partial charge >= 0.3 is 0 Å². The molecule has 0 bridgehead atoms. The van der Waals surface area contributed by atoms with Gasteiger partial charge in [0, 0.05) is 0 Å². The van der Waals surface area contributed by atoms with Gasteiger partial charge in [0.1, 0.15) is 5.82 Å². The molecule has 0 saturated heterocycles. The summed E-state index contributed by atoms with van der Waals surface area (Å²) in [5, 5.41) is 0.844. The molecular formula is C22H13ClF2N2O. The largest absolute Gasteiger partial charge is 0.268 e. The van der Waals surface area contributed by atoms with Gasteiger partial charge in [-0.1, -0.05) is 48.0 Å². The molecule has 0 aliphatic rings. The van der Waals surface area contributed by atoms with Crippen LogP contribution >= 0.6 is 11.6 Å². The highest BCUT2D eigenvalue weighted by Crippen LogP contribution is 2.22. The van der Waals surface area contributed by atoms with Crippen LogP contribution in [0.2, 0.25) is 5.02 Å². The average Bonchev–Trinajstić information content (AvgIpc) is 2.70. The molecule has 0 saturated carbocycles. The number of aromatic nitrogens is 2. The Morgan fingerprint density at radius 1 is 0.893 bits per heavy atom. The van der Waals surface area contributed by atoms with Gasteiger partial charge in [-0.15, -0.1) is 0 Å². The van der Waals surface area contributed by atoms with Gasteiger partial charge in [0.2, 0.25) is 0 Å². The second-order valence-corrected chi connectivity index (χ2v) is 6.49. The van der Waals surface area contributed by atoms with Gasteiger partial charge in [0.25, 0.3) is 5.56 Å². The maximum absolute atomic E-state index is 13.5. The number of fused-ring (bicyclic) bond motifs is 1. The van der Waals surface area contributed by atoms with Crippen molar-refractivity contribution in [1.29, 1.82) is 0 Å². The average molecular weight is 395 g/mol. The lowest BCUT2D eigenvalue weighted by Crippen LogP contribution is -2.22. The quantitative estimate of drug-likeness (QED) is 0.460. The maximum Gasteiger partial charge on any atom is 0.266 e. The molecule has 0 unspecified atom stereocenters. The van der Waals surface area contributed by atoms with Crippen molar-refractivity contribution in [3.8, 4) is 5.69 Å². The minimum atomic E-state index is -0.947. The van der Waals surface area contributed by atoms with Crippen molar-refractivity contribution in [3.63, 3.8) is 0 Å². The summed E-state index contributed by atoms with van der Waals surface area (Å²) in [5.41, 5.74) is 1.17. The molecular weight excluding hydrogens is 382 g/mol. The SMILES string of the molecule is O=c1c2ccccc2nc(C=Cc2ccc(F)c(F)c2)n1-c1ccccc1Cl. The first-order valence-corrected chi connectivity index (χ1v) is 8.82. The van der Waals surface area contributed by atoms with Crippen molar-refractivity contribution < 1.29 is 8.78 Å². The van der Waals surface area contributed by atoms with Crippen LogP contribution in [0.4, 0.5) is 8.78 Å². The van der Waals surface area contributed by atoms with Crippen LogP contribution in [0, 0.1) is 11.6 Å². The molecule has 0 aliphatic carbocycles. The van der Waals surface area contributed by atoms with E-state index in [1.165, 1.54) is 10.6 Å². The van der Waals surface area contributed by atoms with Gasteiger partial charge in [-0.2, -0.15) is 0 Å². The topological polar surface area (TPSA) is 34.9 Å². The molecule has 4 aromatic rings. The smallest absolute Gasteiger partial charge is 0.266 e. The second kappa shape index (κ2) is 7.37. The van der Waals surface area contributed by atoms with E-state index < -0.39 is 11.6 Å². The van der Waals surface area contributed by atoms with E-state index in [2.05, 4.69) is 4.98 Å². The molecule has 4 rings (SSSR count). The normalized spacial score (nSPS) is 11.4. The van der Waals surface area contributed by atoms with Gasteiger partial charge in [0.05, 0.1) is 21.6 Å². The van der Waals surface area contributed by atoms with E-state index in [9.17, 15) is 13.6 Å². The summed E-state index contributed by atoms with van der Waals surface area (Å²) in [6.45, 7) is 0. The lowest BCUT2D eigenvalue weighted by Gasteiger charge is -2.12. The fourth-order valence-electron chi connectivity index (χ4n) is 2.91. The van der Waals surface area contributed by atoms with Gasteiger partial charge < -0.3 is 0 Å². The van der Waals surface area contributed by atoms with Crippen LogP contribution in [0.5, 0.6) is 0 Å². The van der Waals surface area contributed by atoms with Crippen LogP contribution in [0.25, 0.3) is 28.7 Å². The molecule has 0 aliphatic heterocycles. The number of benzene rings is 3. The second-order valence-electron chi connectivity index (χ2n) is 6.09. The Hall–Kier alpha value is -3.31. The number of nitrogens with zero attached hydrogens (tertiary/aromatic N) is 2. The highest BCUT2D eigenvalue weighted by atomic mass is 35.5. The fourth-order valence-corrected chi connectivity index (χ4v) is 3.13. The van der Waals surface area contributed by atoms with E-state index in [4.69, 9.17) is 11.6 Å². The zero-order valence-electron chi connectivity index (χ0n) is 14.4. The van der Waals surface area contributed by atoms with Crippen molar-refractivity contribution in [2.24, 2.45) is 0 Å². The molecule has 0 radical (unpaired) electrons. The lowest BCUT2D eigenvalue weighted by molar-refractivity contribution is 0.508. The van der Waals surface area contributed by atoms with Gasteiger partial charge in [-0.3, -0.25) is 9.36 Å². The Labute approximate surface area is 164 Å². The van der Waals surface area contributed by atoms with Crippen molar-refractivity contribution in [1.82, 2.24) is 9.55 Å². The zero-order valence-corrected chi connectivity index (χ0v) is 15.2. The molecule has 3 aromatic carbocycles. The van der Waals surface area contributed by atoms with Gasteiger partial charge in [-0.05, 0) is 48.0 Å². The summed E-state index contributed by atoms with van der Waals surface area (Å²) in [6, 6.07) is 17.5. The third kappa shape index (κ3) is 3.32. The highest BCUT2D eigenvalue weighted by Gasteiger charge is 2.13. The van der Waals surface area contributed by atoms with Crippen LogP contribution in [0.15, 0.2) is 71.5 Å². The summed E-state index contributed by atoms with van der Waals surface area (Å²) in [5.74, 6) is -1.55. The highest BCUT2D eigenvalue weighted by molar-refractivity contribution is 6.32. The molecule has 0 atom stereocenters. The molecule has 1 heterocycles.